The van der Waals surface area contributed by atoms with Crippen molar-refractivity contribution in [2.75, 3.05) is 7.11 Å². The third-order valence-corrected chi connectivity index (χ3v) is 5.43. The Labute approximate surface area is 175 Å². The van der Waals surface area contributed by atoms with E-state index in [2.05, 4.69) is 37.0 Å². The first-order valence-electron chi connectivity index (χ1n) is 10.1. The van der Waals surface area contributed by atoms with Gasteiger partial charge in [0.05, 0.1) is 12.7 Å². The second-order valence-corrected chi connectivity index (χ2v) is 7.41. The zero-order valence-electron chi connectivity index (χ0n) is 16.9. The van der Waals surface area contributed by atoms with E-state index >= 15 is 0 Å². The number of aryl methyl sites for hydroxylation is 1. The molecule has 2 heterocycles. The molecular weight excluding hydrogens is 380 g/mol. The highest BCUT2D eigenvalue weighted by Crippen LogP contribution is 2.18. The van der Waals surface area contributed by atoms with Crippen LogP contribution in [0.25, 0.3) is 0 Å². The molecule has 1 amide bonds. The maximum absolute atomic E-state index is 12.6. The van der Waals surface area contributed by atoms with Gasteiger partial charge in [-0.2, -0.15) is 0 Å². The van der Waals surface area contributed by atoms with Crippen LogP contribution in [0.4, 0.5) is 0 Å². The molecule has 0 saturated heterocycles. The maximum atomic E-state index is 12.6. The fourth-order valence-electron chi connectivity index (χ4n) is 3.75. The van der Waals surface area contributed by atoms with Gasteiger partial charge in [-0.25, -0.2) is 4.79 Å². The van der Waals surface area contributed by atoms with Crippen molar-refractivity contribution in [3.05, 3.63) is 82.9 Å². The van der Waals surface area contributed by atoms with Gasteiger partial charge in [0.25, 0.3) is 5.91 Å². The monoisotopic (exact) mass is 404 g/mol. The summed E-state index contributed by atoms with van der Waals surface area (Å²) >= 11 is 0. The number of rotatable bonds is 5. The van der Waals surface area contributed by atoms with Crippen LogP contribution < -0.4 is 5.32 Å². The number of aromatic nitrogens is 3. The first-order valence-corrected chi connectivity index (χ1v) is 10.1. The summed E-state index contributed by atoms with van der Waals surface area (Å²) in [4.78, 5) is 24.2. The summed E-state index contributed by atoms with van der Waals surface area (Å²) < 4.78 is 6.87. The molecule has 0 spiro atoms. The van der Waals surface area contributed by atoms with Crippen molar-refractivity contribution in [2.24, 2.45) is 0 Å². The van der Waals surface area contributed by atoms with Crippen LogP contribution in [-0.4, -0.2) is 39.8 Å². The van der Waals surface area contributed by atoms with Crippen LogP contribution in [0.3, 0.4) is 0 Å². The Morgan fingerprint density at radius 1 is 1.03 bits per heavy atom. The number of carbonyl (C=O) groups is 2. The molecule has 1 N–H and O–H groups in total. The van der Waals surface area contributed by atoms with Gasteiger partial charge in [-0.15, -0.1) is 10.2 Å². The average molecular weight is 404 g/mol. The Morgan fingerprint density at radius 2 is 1.77 bits per heavy atom. The molecule has 1 aliphatic rings. The minimum atomic E-state index is -0.417. The number of hydrogen-bond acceptors (Lipinski definition) is 5. The molecule has 4 rings (SSSR count). The van der Waals surface area contributed by atoms with E-state index in [0.29, 0.717) is 11.1 Å². The van der Waals surface area contributed by atoms with E-state index in [9.17, 15) is 9.59 Å². The number of hydrogen-bond donors (Lipinski definition) is 1. The first kappa shape index (κ1) is 19.8. The van der Waals surface area contributed by atoms with Gasteiger partial charge >= 0.3 is 5.97 Å². The van der Waals surface area contributed by atoms with Crippen molar-refractivity contribution in [3.8, 4) is 0 Å². The second kappa shape index (κ2) is 8.90. The van der Waals surface area contributed by atoms with Gasteiger partial charge in [-0.3, -0.25) is 4.79 Å². The lowest BCUT2D eigenvalue weighted by molar-refractivity contribution is 0.0600. The molecule has 1 atom stereocenters. The molecule has 7 heteroatoms. The van der Waals surface area contributed by atoms with Gasteiger partial charge in [0.15, 0.2) is 0 Å². The number of ether oxygens (including phenoxy) is 1. The third kappa shape index (κ3) is 4.40. The summed E-state index contributed by atoms with van der Waals surface area (Å²) in [5.41, 5.74) is 2.15. The standard InChI is InChI=1S/C23H24N4O3/c1-30-23(29)18-9-7-17(8-10-18)22(28)24-19-11-12-20-25-26-21(27(20)14-13-19)15-16-5-3-2-4-6-16/h2-10,19H,11-15H2,1H3,(H,24,28). The number of nitrogens with one attached hydrogen (secondary N) is 1. The van der Waals surface area contributed by atoms with Gasteiger partial charge in [-0.1, -0.05) is 30.3 Å². The molecule has 3 aromatic rings. The Hall–Kier alpha value is -3.48. The summed E-state index contributed by atoms with van der Waals surface area (Å²) in [5, 5.41) is 11.9. The van der Waals surface area contributed by atoms with E-state index in [1.165, 1.54) is 12.7 Å². The molecule has 2 aromatic carbocycles. The average Bonchev–Trinajstić information content (AvgIpc) is 3.05. The molecule has 0 radical (unpaired) electrons. The highest BCUT2D eigenvalue weighted by Gasteiger charge is 2.22. The normalized spacial score (nSPS) is 15.7. The summed E-state index contributed by atoms with van der Waals surface area (Å²) in [5.74, 6) is 1.38. The minimum Gasteiger partial charge on any atom is -0.465 e. The highest BCUT2D eigenvalue weighted by molar-refractivity contribution is 5.96. The van der Waals surface area contributed by atoms with Gasteiger partial charge < -0.3 is 14.6 Å². The van der Waals surface area contributed by atoms with Crippen molar-refractivity contribution >= 4 is 11.9 Å². The van der Waals surface area contributed by atoms with Gasteiger partial charge in [0.1, 0.15) is 11.6 Å². The van der Waals surface area contributed by atoms with Gasteiger partial charge in [0.2, 0.25) is 0 Å². The molecule has 0 bridgehead atoms. The van der Waals surface area contributed by atoms with E-state index in [-0.39, 0.29) is 11.9 Å². The molecule has 30 heavy (non-hydrogen) atoms. The fourth-order valence-corrected chi connectivity index (χ4v) is 3.75. The van der Waals surface area contributed by atoms with Crippen LogP contribution in [0, 0.1) is 0 Å². The smallest absolute Gasteiger partial charge is 0.337 e. The maximum Gasteiger partial charge on any atom is 0.337 e. The van der Waals surface area contributed by atoms with Crippen molar-refractivity contribution in [1.29, 1.82) is 0 Å². The molecule has 1 unspecified atom stereocenters. The number of carbonyl (C=O) groups excluding carboxylic acids is 2. The molecule has 154 valence electrons. The molecule has 1 aromatic heterocycles. The van der Waals surface area contributed by atoms with Crippen molar-refractivity contribution < 1.29 is 14.3 Å². The zero-order chi connectivity index (χ0) is 20.9. The molecule has 7 nitrogen and oxygen atoms in total. The topological polar surface area (TPSA) is 86.1 Å². The Morgan fingerprint density at radius 3 is 2.50 bits per heavy atom. The Balaban J connectivity index is 1.38. The number of amides is 1. The lowest BCUT2D eigenvalue weighted by Crippen LogP contribution is -2.35. The first-order chi connectivity index (χ1) is 14.6. The van der Waals surface area contributed by atoms with Crippen molar-refractivity contribution in [2.45, 2.75) is 38.3 Å². The van der Waals surface area contributed by atoms with Crippen LogP contribution in [0.15, 0.2) is 54.6 Å². The summed E-state index contributed by atoms with van der Waals surface area (Å²) in [7, 11) is 1.33. The van der Waals surface area contributed by atoms with Crippen LogP contribution in [0.5, 0.6) is 0 Å². The fraction of sp³-hybridized carbons (Fsp3) is 0.304. The van der Waals surface area contributed by atoms with E-state index in [0.717, 1.165) is 43.9 Å². The van der Waals surface area contributed by atoms with Crippen LogP contribution in [0.2, 0.25) is 0 Å². The van der Waals surface area contributed by atoms with E-state index < -0.39 is 5.97 Å². The predicted molar refractivity (Wildman–Crippen MR) is 111 cm³/mol. The molecule has 1 aliphatic heterocycles. The number of nitrogens with zero attached hydrogens (tertiary/aromatic N) is 3. The Kier molecular flexibility index (Phi) is 5.88. The summed E-state index contributed by atoms with van der Waals surface area (Å²) in [6.07, 6.45) is 3.15. The Bertz CT molecular complexity index is 1030. The largest absolute Gasteiger partial charge is 0.465 e. The molecular formula is C23H24N4O3. The SMILES string of the molecule is COC(=O)c1ccc(C(=O)NC2CCc3nnc(Cc4ccccc4)n3CC2)cc1. The third-order valence-electron chi connectivity index (χ3n) is 5.43. The molecule has 0 aliphatic carbocycles. The number of benzene rings is 2. The van der Waals surface area contributed by atoms with E-state index in [1.54, 1.807) is 24.3 Å². The van der Waals surface area contributed by atoms with Gasteiger partial charge in [0, 0.05) is 31.0 Å². The minimum absolute atomic E-state index is 0.0593. The quantitative estimate of drug-likeness (QED) is 0.661. The summed E-state index contributed by atoms with van der Waals surface area (Å²) in [6.45, 7) is 0.775. The zero-order valence-corrected chi connectivity index (χ0v) is 16.9. The van der Waals surface area contributed by atoms with Crippen molar-refractivity contribution in [3.63, 3.8) is 0 Å². The molecule has 0 saturated carbocycles. The molecule has 0 fully saturated rings. The number of esters is 1. The lowest BCUT2D eigenvalue weighted by Gasteiger charge is -2.16. The number of methoxy groups -OCH3 is 1. The number of fused-ring (bicyclic) bond motifs is 1. The lowest BCUT2D eigenvalue weighted by atomic mass is 10.1. The highest BCUT2D eigenvalue weighted by atomic mass is 16.5. The predicted octanol–water partition coefficient (Wildman–Crippen LogP) is 2.79. The van der Waals surface area contributed by atoms with Crippen LogP contribution >= 0.6 is 0 Å². The van der Waals surface area contributed by atoms with Crippen molar-refractivity contribution in [1.82, 2.24) is 20.1 Å². The van der Waals surface area contributed by atoms with E-state index in [1.807, 2.05) is 18.2 Å². The van der Waals surface area contributed by atoms with Gasteiger partial charge in [-0.05, 0) is 42.7 Å². The van der Waals surface area contributed by atoms with Crippen LogP contribution in [0.1, 0.15) is 50.8 Å². The summed E-state index contributed by atoms with van der Waals surface area (Å²) in [6, 6.07) is 16.8. The van der Waals surface area contributed by atoms with E-state index in [4.69, 9.17) is 0 Å². The second-order valence-electron chi connectivity index (χ2n) is 7.41. The van der Waals surface area contributed by atoms with Crippen LogP contribution in [-0.2, 0) is 24.1 Å².